The second-order valence-corrected chi connectivity index (χ2v) is 7.44. The monoisotopic (exact) mass is 420 g/mol. The van der Waals surface area contributed by atoms with Crippen molar-refractivity contribution in [3.63, 3.8) is 0 Å². The van der Waals surface area contributed by atoms with Crippen molar-refractivity contribution in [3.05, 3.63) is 29.8 Å². The minimum absolute atomic E-state index is 0. The molecule has 27 heavy (non-hydrogen) atoms. The molecule has 10 heteroatoms. The van der Waals surface area contributed by atoms with Crippen molar-refractivity contribution in [1.82, 2.24) is 20.3 Å². The van der Waals surface area contributed by atoms with E-state index in [1.807, 2.05) is 6.92 Å². The van der Waals surface area contributed by atoms with Crippen molar-refractivity contribution >= 4 is 34.2 Å². The number of likely N-dealkylation sites (N-methyl/N-ethyl adjacent to an activating group) is 1. The molecule has 0 aromatic heterocycles. The zero-order chi connectivity index (χ0) is 19.6. The average molecular weight is 421 g/mol. The normalized spacial score (nSPS) is 11.0. The van der Waals surface area contributed by atoms with Crippen LogP contribution in [0, 0.1) is 0 Å². The maximum atomic E-state index is 12.5. The van der Waals surface area contributed by atoms with Gasteiger partial charge in [-0.3, -0.25) is 9.59 Å². The van der Waals surface area contributed by atoms with Gasteiger partial charge in [0, 0.05) is 31.7 Å². The number of carbonyl (C=O) groups excluding carboxylic acids is 2. The highest BCUT2D eigenvalue weighted by molar-refractivity contribution is 7.89. The van der Waals surface area contributed by atoms with E-state index in [4.69, 9.17) is 0 Å². The van der Waals surface area contributed by atoms with Crippen LogP contribution in [0.4, 0.5) is 0 Å². The van der Waals surface area contributed by atoms with E-state index in [2.05, 4.69) is 16.0 Å². The summed E-state index contributed by atoms with van der Waals surface area (Å²) in [6, 6.07) is 5.81. The molecule has 0 aliphatic rings. The standard InChI is InChI=1S/C17H28N4O4S.ClH/c1-4-18-10-11-19-16(22)13-20-17(23)14-8-7-9-15(12-14)26(24,25)21(5-2)6-3;/h7-9,12,18H,4-6,10-11,13H2,1-3H3,(H,19,22)(H,20,23);1H. The molecule has 2 amide bonds. The minimum atomic E-state index is -3.64. The first-order valence-corrected chi connectivity index (χ1v) is 10.2. The molecule has 0 bridgehead atoms. The van der Waals surface area contributed by atoms with Crippen LogP contribution in [0.25, 0.3) is 0 Å². The van der Waals surface area contributed by atoms with Crippen molar-refractivity contribution in [2.24, 2.45) is 0 Å². The molecule has 0 spiro atoms. The molecule has 0 heterocycles. The number of sulfonamides is 1. The molecular weight excluding hydrogens is 392 g/mol. The van der Waals surface area contributed by atoms with Gasteiger partial charge in [0.2, 0.25) is 15.9 Å². The molecule has 1 aromatic rings. The highest BCUT2D eigenvalue weighted by Crippen LogP contribution is 2.16. The summed E-state index contributed by atoms with van der Waals surface area (Å²) >= 11 is 0. The number of halogens is 1. The zero-order valence-electron chi connectivity index (χ0n) is 15.9. The van der Waals surface area contributed by atoms with E-state index in [1.165, 1.54) is 28.6 Å². The quantitative estimate of drug-likeness (QED) is 0.454. The topological polar surface area (TPSA) is 108 Å². The molecule has 0 aliphatic heterocycles. The van der Waals surface area contributed by atoms with Gasteiger partial charge in [0.25, 0.3) is 5.91 Å². The van der Waals surface area contributed by atoms with Crippen molar-refractivity contribution in [2.75, 3.05) is 39.3 Å². The third-order valence-electron chi connectivity index (χ3n) is 3.72. The Morgan fingerprint density at radius 3 is 2.30 bits per heavy atom. The van der Waals surface area contributed by atoms with Crippen LogP contribution in [0.15, 0.2) is 29.2 Å². The van der Waals surface area contributed by atoms with Gasteiger partial charge in [-0.15, -0.1) is 12.4 Å². The van der Waals surface area contributed by atoms with Crippen LogP contribution in [-0.2, 0) is 14.8 Å². The minimum Gasteiger partial charge on any atom is -0.353 e. The summed E-state index contributed by atoms with van der Waals surface area (Å²) in [5, 5.41) is 8.24. The van der Waals surface area contributed by atoms with Crippen molar-refractivity contribution < 1.29 is 18.0 Å². The predicted molar refractivity (Wildman–Crippen MR) is 108 cm³/mol. The molecule has 0 unspecified atom stereocenters. The van der Waals surface area contributed by atoms with Crippen LogP contribution in [0.3, 0.4) is 0 Å². The fraction of sp³-hybridized carbons (Fsp3) is 0.529. The first-order chi connectivity index (χ1) is 12.4. The first-order valence-electron chi connectivity index (χ1n) is 8.72. The molecule has 154 valence electrons. The fourth-order valence-corrected chi connectivity index (χ4v) is 3.81. The Balaban J connectivity index is 0.00000676. The molecule has 0 radical (unpaired) electrons. The summed E-state index contributed by atoms with van der Waals surface area (Å²) in [5.41, 5.74) is 0.193. The maximum absolute atomic E-state index is 12.5. The Labute approximate surface area is 167 Å². The van der Waals surface area contributed by atoms with Gasteiger partial charge < -0.3 is 16.0 Å². The fourth-order valence-electron chi connectivity index (χ4n) is 2.30. The van der Waals surface area contributed by atoms with E-state index in [0.29, 0.717) is 26.2 Å². The van der Waals surface area contributed by atoms with Gasteiger partial charge in [-0.2, -0.15) is 4.31 Å². The third-order valence-corrected chi connectivity index (χ3v) is 5.77. The maximum Gasteiger partial charge on any atom is 0.251 e. The number of nitrogens with one attached hydrogen (secondary N) is 3. The van der Waals surface area contributed by atoms with Gasteiger partial charge in [-0.1, -0.05) is 26.8 Å². The van der Waals surface area contributed by atoms with E-state index < -0.39 is 15.9 Å². The Morgan fingerprint density at radius 2 is 1.70 bits per heavy atom. The van der Waals surface area contributed by atoms with Gasteiger partial charge in [-0.25, -0.2) is 8.42 Å². The van der Waals surface area contributed by atoms with E-state index >= 15 is 0 Å². The van der Waals surface area contributed by atoms with Gasteiger partial charge in [-0.05, 0) is 24.7 Å². The van der Waals surface area contributed by atoms with Crippen molar-refractivity contribution in [3.8, 4) is 0 Å². The number of hydrogen-bond donors (Lipinski definition) is 3. The van der Waals surface area contributed by atoms with E-state index in [0.717, 1.165) is 6.54 Å². The van der Waals surface area contributed by atoms with E-state index in [-0.39, 0.29) is 35.3 Å². The average Bonchev–Trinajstić information content (AvgIpc) is 2.64. The molecule has 1 aromatic carbocycles. The number of amides is 2. The summed E-state index contributed by atoms with van der Waals surface area (Å²) in [5.74, 6) is -0.799. The number of benzene rings is 1. The van der Waals surface area contributed by atoms with Crippen LogP contribution in [0.5, 0.6) is 0 Å². The van der Waals surface area contributed by atoms with Crippen LogP contribution in [-0.4, -0.2) is 63.8 Å². The summed E-state index contributed by atoms with van der Waals surface area (Å²) in [6.45, 7) is 7.96. The Morgan fingerprint density at radius 1 is 1.04 bits per heavy atom. The number of carbonyl (C=O) groups is 2. The van der Waals surface area contributed by atoms with Crippen LogP contribution < -0.4 is 16.0 Å². The molecular formula is C17H29ClN4O4S. The lowest BCUT2D eigenvalue weighted by atomic mass is 10.2. The van der Waals surface area contributed by atoms with Crippen LogP contribution in [0.2, 0.25) is 0 Å². The van der Waals surface area contributed by atoms with Gasteiger partial charge >= 0.3 is 0 Å². The summed E-state index contributed by atoms with van der Waals surface area (Å²) in [7, 11) is -3.64. The Hall–Kier alpha value is -1.68. The molecule has 0 saturated carbocycles. The molecule has 8 nitrogen and oxygen atoms in total. The first kappa shape index (κ1) is 25.3. The third kappa shape index (κ3) is 7.84. The summed E-state index contributed by atoms with van der Waals surface area (Å²) in [4.78, 5) is 23.9. The van der Waals surface area contributed by atoms with E-state index in [9.17, 15) is 18.0 Å². The second kappa shape index (κ2) is 12.7. The molecule has 0 aliphatic carbocycles. The van der Waals surface area contributed by atoms with E-state index in [1.54, 1.807) is 13.8 Å². The lowest BCUT2D eigenvalue weighted by Gasteiger charge is -2.18. The lowest BCUT2D eigenvalue weighted by Crippen LogP contribution is -2.39. The van der Waals surface area contributed by atoms with Crippen molar-refractivity contribution in [1.29, 1.82) is 0 Å². The molecule has 0 fully saturated rings. The van der Waals surface area contributed by atoms with Gasteiger partial charge in [0.05, 0.1) is 11.4 Å². The second-order valence-electron chi connectivity index (χ2n) is 5.50. The van der Waals surface area contributed by atoms with Crippen LogP contribution in [0.1, 0.15) is 31.1 Å². The SMILES string of the molecule is CCNCCNC(=O)CNC(=O)c1cccc(S(=O)(=O)N(CC)CC)c1.Cl. The van der Waals surface area contributed by atoms with Crippen molar-refractivity contribution in [2.45, 2.75) is 25.7 Å². The summed E-state index contributed by atoms with van der Waals surface area (Å²) < 4.78 is 26.4. The number of rotatable bonds is 11. The largest absolute Gasteiger partial charge is 0.353 e. The highest BCUT2D eigenvalue weighted by atomic mass is 35.5. The molecule has 3 N–H and O–H groups in total. The highest BCUT2D eigenvalue weighted by Gasteiger charge is 2.22. The molecule has 1 rings (SSSR count). The number of hydrogen-bond acceptors (Lipinski definition) is 5. The predicted octanol–water partition coefficient (Wildman–Crippen LogP) is 0.594. The van der Waals surface area contributed by atoms with Gasteiger partial charge in [0.1, 0.15) is 0 Å². The smallest absolute Gasteiger partial charge is 0.251 e. The lowest BCUT2D eigenvalue weighted by molar-refractivity contribution is -0.120. The van der Waals surface area contributed by atoms with Gasteiger partial charge in [0.15, 0.2) is 0 Å². The summed E-state index contributed by atoms with van der Waals surface area (Å²) in [6.07, 6.45) is 0. The molecule has 0 atom stereocenters. The Bertz CT molecular complexity index is 709. The Kier molecular flexibility index (Phi) is 11.9. The number of nitrogens with zero attached hydrogens (tertiary/aromatic N) is 1. The van der Waals surface area contributed by atoms with Crippen LogP contribution >= 0.6 is 12.4 Å². The zero-order valence-corrected chi connectivity index (χ0v) is 17.6. The molecule has 0 saturated heterocycles.